The average Bonchev–Trinajstić information content (AvgIpc) is 3.05. The lowest BCUT2D eigenvalue weighted by molar-refractivity contribution is -0.137. The van der Waals surface area contributed by atoms with Gasteiger partial charge in [-0.25, -0.2) is 0 Å². The van der Waals surface area contributed by atoms with E-state index in [9.17, 15) is 9.59 Å². The molecule has 0 spiro atoms. The van der Waals surface area contributed by atoms with Gasteiger partial charge in [-0.2, -0.15) is 0 Å². The number of unbranched alkanes of at least 4 members (excludes halogenated alkanes) is 5. The molecule has 2 heterocycles. The fourth-order valence-corrected chi connectivity index (χ4v) is 4.09. The van der Waals surface area contributed by atoms with Gasteiger partial charge in [-0.05, 0) is 30.5 Å². The number of amides is 2. The number of morpholine rings is 1. The molecule has 6 heteroatoms. The third-order valence-corrected chi connectivity index (χ3v) is 5.82. The van der Waals surface area contributed by atoms with E-state index in [4.69, 9.17) is 9.47 Å². The van der Waals surface area contributed by atoms with E-state index in [1.54, 1.807) is 0 Å². The van der Waals surface area contributed by atoms with Gasteiger partial charge >= 0.3 is 0 Å². The number of imide groups is 1. The summed E-state index contributed by atoms with van der Waals surface area (Å²) in [6.07, 6.45) is 7.66. The summed E-state index contributed by atoms with van der Waals surface area (Å²) in [5.74, 6) is 0.434. The summed E-state index contributed by atoms with van der Waals surface area (Å²) >= 11 is 0. The largest absolute Gasteiger partial charge is 0.494 e. The van der Waals surface area contributed by atoms with E-state index in [0.717, 1.165) is 37.0 Å². The molecule has 0 saturated carbocycles. The number of benzene rings is 1. The molecular weight excluding hydrogens is 392 g/mol. The fraction of sp³-hybridized carbons (Fsp3) is 0.600. The Kier molecular flexibility index (Phi) is 8.95. The summed E-state index contributed by atoms with van der Waals surface area (Å²) in [4.78, 5) is 30.1. The van der Waals surface area contributed by atoms with Gasteiger partial charge in [0.2, 0.25) is 0 Å². The first kappa shape index (κ1) is 23.3. The maximum atomic E-state index is 13.4. The maximum Gasteiger partial charge on any atom is 0.277 e. The van der Waals surface area contributed by atoms with Crippen LogP contribution < -0.4 is 4.74 Å². The molecule has 6 nitrogen and oxygen atoms in total. The minimum Gasteiger partial charge on any atom is -0.494 e. The van der Waals surface area contributed by atoms with Crippen molar-refractivity contribution in [2.24, 2.45) is 0 Å². The van der Waals surface area contributed by atoms with Gasteiger partial charge in [0.1, 0.15) is 11.4 Å². The van der Waals surface area contributed by atoms with Gasteiger partial charge in [0.25, 0.3) is 11.8 Å². The molecule has 0 unspecified atom stereocenters. The number of hydrogen-bond donors (Lipinski definition) is 0. The molecule has 2 aliphatic heterocycles. The predicted octanol–water partition coefficient (Wildman–Crippen LogP) is 4.25. The van der Waals surface area contributed by atoms with E-state index in [1.165, 1.54) is 24.2 Å². The van der Waals surface area contributed by atoms with E-state index >= 15 is 0 Å². The quantitative estimate of drug-likeness (QED) is 0.368. The molecule has 2 amide bonds. The van der Waals surface area contributed by atoms with Gasteiger partial charge in [0.05, 0.1) is 25.4 Å². The van der Waals surface area contributed by atoms with Crippen LogP contribution in [-0.4, -0.2) is 61.1 Å². The van der Waals surface area contributed by atoms with Crippen LogP contribution in [0.5, 0.6) is 5.75 Å². The molecule has 0 aromatic heterocycles. The molecule has 31 heavy (non-hydrogen) atoms. The number of hydrogen-bond acceptors (Lipinski definition) is 5. The molecule has 1 aromatic rings. The lowest BCUT2D eigenvalue weighted by Gasteiger charge is -2.29. The molecule has 1 saturated heterocycles. The van der Waals surface area contributed by atoms with Crippen LogP contribution in [0, 0.1) is 0 Å². The van der Waals surface area contributed by atoms with Crippen LogP contribution >= 0.6 is 0 Å². The van der Waals surface area contributed by atoms with E-state index in [0.29, 0.717) is 50.7 Å². The van der Waals surface area contributed by atoms with Crippen LogP contribution in [0.2, 0.25) is 0 Å². The van der Waals surface area contributed by atoms with Gasteiger partial charge in [-0.15, -0.1) is 0 Å². The van der Waals surface area contributed by atoms with E-state index in [2.05, 4.69) is 13.8 Å². The van der Waals surface area contributed by atoms with E-state index in [1.807, 2.05) is 29.2 Å². The van der Waals surface area contributed by atoms with Crippen molar-refractivity contribution in [1.29, 1.82) is 0 Å². The predicted molar refractivity (Wildman–Crippen MR) is 122 cm³/mol. The Hall–Kier alpha value is -2.34. The lowest BCUT2D eigenvalue weighted by Crippen LogP contribution is -2.40. The zero-order valence-corrected chi connectivity index (χ0v) is 19.0. The fourth-order valence-electron chi connectivity index (χ4n) is 4.09. The molecular formula is C25H36N2O4. The Balaban J connectivity index is 1.77. The Bertz CT molecular complexity index is 766. The summed E-state index contributed by atoms with van der Waals surface area (Å²) in [6, 6.07) is 7.53. The van der Waals surface area contributed by atoms with Gasteiger partial charge in [0.15, 0.2) is 0 Å². The van der Waals surface area contributed by atoms with Gasteiger partial charge in [0, 0.05) is 19.6 Å². The molecule has 0 atom stereocenters. The first-order valence-corrected chi connectivity index (χ1v) is 11.8. The third-order valence-electron chi connectivity index (χ3n) is 5.82. The highest BCUT2D eigenvalue weighted by Gasteiger charge is 2.41. The first-order valence-electron chi connectivity index (χ1n) is 11.8. The third kappa shape index (κ3) is 5.88. The maximum absolute atomic E-state index is 13.4. The van der Waals surface area contributed by atoms with Gasteiger partial charge in [-0.3, -0.25) is 14.5 Å². The van der Waals surface area contributed by atoms with Crippen LogP contribution in [0.15, 0.2) is 30.0 Å². The van der Waals surface area contributed by atoms with Gasteiger partial charge in [-0.1, -0.05) is 58.1 Å². The highest BCUT2D eigenvalue weighted by molar-refractivity contribution is 6.35. The molecule has 0 bridgehead atoms. The summed E-state index contributed by atoms with van der Waals surface area (Å²) < 4.78 is 11.1. The summed E-state index contributed by atoms with van der Waals surface area (Å²) in [7, 11) is 0. The van der Waals surface area contributed by atoms with Crippen molar-refractivity contribution in [2.75, 3.05) is 39.5 Å². The molecule has 3 rings (SSSR count). The molecule has 2 aliphatic rings. The second-order valence-corrected chi connectivity index (χ2v) is 8.23. The van der Waals surface area contributed by atoms with Crippen molar-refractivity contribution in [3.05, 3.63) is 35.5 Å². The SMILES string of the molecule is CCCCCCCCN1C(=O)C(c2ccc(OCCC)cc2)=C(N2CCOCC2)C1=O. The number of rotatable bonds is 12. The van der Waals surface area contributed by atoms with Crippen molar-refractivity contribution in [3.8, 4) is 5.75 Å². The highest BCUT2D eigenvalue weighted by Crippen LogP contribution is 2.33. The monoisotopic (exact) mass is 428 g/mol. The molecule has 0 N–H and O–H groups in total. The number of ether oxygens (including phenoxy) is 2. The average molecular weight is 429 g/mol. The number of nitrogens with zero attached hydrogens (tertiary/aromatic N) is 2. The first-order chi connectivity index (χ1) is 15.2. The highest BCUT2D eigenvalue weighted by atomic mass is 16.5. The Morgan fingerprint density at radius 3 is 2.23 bits per heavy atom. The minimum atomic E-state index is -0.178. The normalized spacial score (nSPS) is 17.1. The number of carbonyl (C=O) groups is 2. The van der Waals surface area contributed by atoms with Gasteiger partial charge < -0.3 is 14.4 Å². The summed E-state index contributed by atoms with van der Waals surface area (Å²) in [6.45, 7) is 7.79. The van der Waals surface area contributed by atoms with Crippen molar-refractivity contribution >= 4 is 17.4 Å². The molecule has 0 radical (unpaired) electrons. The van der Waals surface area contributed by atoms with Crippen LogP contribution in [0.1, 0.15) is 64.4 Å². The van der Waals surface area contributed by atoms with Crippen LogP contribution in [0.25, 0.3) is 5.57 Å². The van der Waals surface area contributed by atoms with E-state index in [-0.39, 0.29) is 11.8 Å². The molecule has 1 fully saturated rings. The topological polar surface area (TPSA) is 59.1 Å². The zero-order chi connectivity index (χ0) is 22.1. The van der Waals surface area contributed by atoms with Crippen molar-refractivity contribution in [1.82, 2.24) is 9.80 Å². The Labute approximate surface area is 186 Å². The summed E-state index contributed by atoms with van der Waals surface area (Å²) in [5, 5.41) is 0. The lowest BCUT2D eigenvalue weighted by atomic mass is 10.0. The molecule has 170 valence electrons. The van der Waals surface area contributed by atoms with Crippen LogP contribution in [-0.2, 0) is 14.3 Å². The number of carbonyl (C=O) groups excluding carboxylic acids is 2. The van der Waals surface area contributed by atoms with Crippen molar-refractivity contribution in [3.63, 3.8) is 0 Å². The summed E-state index contributed by atoms with van der Waals surface area (Å²) in [5.41, 5.74) is 1.82. The van der Waals surface area contributed by atoms with E-state index < -0.39 is 0 Å². The van der Waals surface area contributed by atoms with Crippen LogP contribution in [0.3, 0.4) is 0 Å². The zero-order valence-electron chi connectivity index (χ0n) is 19.0. The second-order valence-electron chi connectivity index (χ2n) is 8.23. The Morgan fingerprint density at radius 1 is 0.871 bits per heavy atom. The van der Waals surface area contributed by atoms with Crippen molar-refractivity contribution in [2.45, 2.75) is 58.8 Å². The molecule has 1 aromatic carbocycles. The smallest absolute Gasteiger partial charge is 0.277 e. The van der Waals surface area contributed by atoms with Crippen LogP contribution in [0.4, 0.5) is 0 Å². The molecule has 0 aliphatic carbocycles. The minimum absolute atomic E-state index is 0.165. The second kappa shape index (κ2) is 11.9. The van der Waals surface area contributed by atoms with Crippen molar-refractivity contribution < 1.29 is 19.1 Å². The standard InChI is InChI=1S/C25H36N2O4/c1-3-5-6-7-8-9-14-27-24(28)22(20-10-12-21(13-11-20)31-17-4-2)23(25(27)29)26-15-18-30-19-16-26/h10-13H,3-9,14-19H2,1-2H3. The Morgan fingerprint density at radius 2 is 1.55 bits per heavy atom.